The van der Waals surface area contributed by atoms with E-state index >= 15 is 0 Å². The molecule has 2 aromatic carbocycles. The molecule has 2 heteroatoms. The summed E-state index contributed by atoms with van der Waals surface area (Å²) in [6, 6.07) is 11.2. The summed E-state index contributed by atoms with van der Waals surface area (Å²) in [5, 5.41) is 3.54. The van der Waals surface area contributed by atoms with E-state index < -0.39 is 0 Å². The van der Waals surface area contributed by atoms with Gasteiger partial charge in [0.2, 0.25) is 0 Å². The molecule has 2 rings (SSSR count). The third kappa shape index (κ3) is 5.01. The first-order chi connectivity index (χ1) is 12.0. The van der Waals surface area contributed by atoms with E-state index in [1.54, 1.807) is 7.11 Å². The van der Waals surface area contributed by atoms with Gasteiger partial charge in [-0.2, -0.15) is 0 Å². The molecule has 0 heterocycles. The molecule has 0 aromatic heterocycles. The van der Waals surface area contributed by atoms with Gasteiger partial charge in [-0.25, -0.2) is 0 Å². The Labute approximate surface area is 153 Å². The molecular weight excluding hydrogens is 306 g/mol. The average Bonchev–Trinajstić information content (AvgIpc) is 2.58. The summed E-state index contributed by atoms with van der Waals surface area (Å²) in [6.07, 6.45) is 3.40. The van der Waals surface area contributed by atoms with E-state index in [-0.39, 0.29) is 0 Å². The lowest BCUT2D eigenvalue weighted by atomic mass is 9.92. The van der Waals surface area contributed by atoms with Crippen LogP contribution in [0.25, 0.3) is 0 Å². The predicted octanol–water partition coefficient (Wildman–Crippen LogP) is 6.24. The zero-order chi connectivity index (χ0) is 18.4. The zero-order valence-corrected chi connectivity index (χ0v) is 16.7. The molecule has 0 aliphatic rings. The fourth-order valence-electron chi connectivity index (χ4n) is 3.33. The Morgan fingerprint density at radius 1 is 1.04 bits per heavy atom. The van der Waals surface area contributed by atoms with E-state index in [0.29, 0.717) is 5.92 Å². The van der Waals surface area contributed by atoms with Crippen molar-refractivity contribution in [3.8, 4) is 5.75 Å². The lowest BCUT2D eigenvalue weighted by Gasteiger charge is -2.17. The molecule has 0 aliphatic carbocycles. The SMILES string of the molecule is CCCCNc1cc(C)c(Cc2ccc(OC)c(C(C)C)c2)c(C)c1. The van der Waals surface area contributed by atoms with E-state index in [0.717, 1.165) is 18.7 Å². The number of methoxy groups -OCH3 is 1. The molecule has 0 saturated heterocycles. The van der Waals surface area contributed by atoms with Gasteiger partial charge in [-0.3, -0.25) is 0 Å². The minimum atomic E-state index is 0.460. The van der Waals surface area contributed by atoms with Crippen molar-refractivity contribution >= 4 is 5.69 Å². The summed E-state index contributed by atoms with van der Waals surface area (Å²) in [5.74, 6) is 1.45. The Morgan fingerprint density at radius 2 is 1.72 bits per heavy atom. The van der Waals surface area contributed by atoms with Crippen molar-refractivity contribution in [3.05, 3.63) is 58.1 Å². The van der Waals surface area contributed by atoms with Crippen molar-refractivity contribution in [1.29, 1.82) is 0 Å². The van der Waals surface area contributed by atoms with Gasteiger partial charge in [0.1, 0.15) is 5.75 Å². The van der Waals surface area contributed by atoms with Gasteiger partial charge in [-0.05, 0) is 78.6 Å². The highest BCUT2D eigenvalue weighted by Crippen LogP contribution is 2.29. The summed E-state index contributed by atoms with van der Waals surface area (Å²) >= 11 is 0. The van der Waals surface area contributed by atoms with Crippen molar-refractivity contribution < 1.29 is 4.74 Å². The molecule has 0 radical (unpaired) electrons. The average molecular weight is 340 g/mol. The smallest absolute Gasteiger partial charge is 0.122 e. The second kappa shape index (κ2) is 8.94. The van der Waals surface area contributed by atoms with Crippen LogP contribution in [0.15, 0.2) is 30.3 Å². The number of ether oxygens (including phenoxy) is 1. The van der Waals surface area contributed by atoms with Crippen molar-refractivity contribution in [2.45, 2.75) is 59.8 Å². The van der Waals surface area contributed by atoms with Gasteiger partial charge < -0.3 is 10.1 Å². The maximum Gasteiger partial charge on any atom is 0.122 e. The summed E-state index contributed by atoms with van der Waals surface area (Å²) in [7, 11) is 1.75. The summed E-state index contributed by atoms with van der Waals surface area (Å²) in [6.45, 7) is 12.1. The summed E-state index contributed by atoms with van der Waals surface area (Å²) < 4.78 is 5.51. The highest BCUT2D eigenvalue weighted by molar-refractivity contribution is 5.53. The number of anilines is 1. The third-order valence-corrected chi connectivity index (χ3v) is 4.85. The van der Waals surface area contributed by atoms with Crippen LogP contribution in [0.4, 0.5) is 5.69 Å². The maximum atomic E-state index is 5.51. The first-order valence-electron chi connectivity index (χ1n) is 9.47. The lowest BCUT2D eigenvalue weighted by Crippen LogP contribution is -2.04. The number of nitrogens with one attached hydrogen (secondary N) is 1. The second-order valence-corrected chi connectivity index (χ2v) is 7.28. The number of aryl methyl sites for hydroxylation is 2. The summed E-state index contributed by atoms with van der Waals surface area (Å²) in [5.41, 5.74) is 8.03. The number of rotatable bonds is 8. The Hall–Kier alpha value is -1.96. The number of benzene rings is 2. The minimum absolute atomic E-state index is 0.460. The van der Waals surface area contributed by atoms with Crippen LogP contribution in [-0.4, -0.2) is 13.7 Å². The number of unbranched alkanes of at least 4 members (excludes halogenated alkanes) is 1. The Balaban J connectivity index is 2.24. The van der Waals surface area contributed by atoms with Crippen LogP contribution in [0, 0.1) is 13.8 Å². The van der Waals surface area contributed by atoms with Gasteiger partial charge in [0.15, 0.2) is 0 Å². The van der Waals surface area contributed by atoms with Crippen molar-refractivity contribution in [3.63, 3.8) is 0 Å². The molecule has 2 aromatic rings. The van der Waals surface area contributed by atoms with Gasteiger partial charge >= 0.3 is 0 Å². The van der Waals surface area contributed by atoms with Gasteiger partial charge in [-0.15, -0.1) is 0 Å². The molecule has 136 valence electrons. The number of hydrogen-bond acceptors (Lipinski definition) is 2. The minimum Gasteiger partial charge on any atom is -0.496 e. The van der Waals surface area contributed by atoms with Gasteiger partial charge in [-0.1, -0.05) is 39.3 Å². The van der Waals surface area contributed by atoms with Crippen LogP contribution >= 0.6 is 0 Å². The topological polar surface area (TPSA) is 21.3 Å². The van der Waals surface area contributed by atoms with Crippen molar-refractivity contribution in [2.24, 2.45) is 0 Å². The fourth-order valence-corrected chi connectivity index (χ4v) is 3.33. The highest BCUT2D eigenvalue weighted by Gasteiger charge is 2.11. The van der Waals surface area contributed by atoms with E-state index in [2.05, 4.69) is 70.3 Å². The Bertz CT molecular complexity index is 680. The standard InChI is InChI=1S/C23H33NO/c1-7-8-11-24-20-12-17(4)22(18(5)13-20)15-19-9-10-23(25-6)21(14-19)16(2)3/h9-10,12-14,16,24H,7-8,11,15H2,1-6H3. The monoisotopic (exact) mass is 339 g/mol. The third-order valence-electron chi connectivity index (χ3n) is 4.85. The first kappa shape index (κ1) is 19.4. The van der Waals surface area contributed by atoms with Gasteiger partial charge in [0, 0.05) is 12.2 Å². The van der Waals surface area contributed by atoms with E-state index in [9.17, 15) is 0 Å². The van der Waals surface area contributed by atoms with Gasteiger partial charge in [0.05, 0.1) is 7.11 Å². The van der Waals surface area contributed by atoms with Gasteiger partial charge in [0.25, 0.3) is 0 Å². The maximum absolute atomic E-state index is 5.51. The quantitative estimate of drug-likeness (QED) is 0.575. The predicted molar refractivity (Wildman–Crippen MR) is 109 cm³/mol. The zero-order valence-electron chi connectivity index (χ0n) is 16.7. The second-order valence-electron chi connectivity index (χ2n) is 7.28. The van der Waals surface area contributed by atoms with E-state index in [1.807, 2.05) is 0 Å². The molecule has 2 nitrogen and oxygen atoms in total. The normalized spacial score (nSPS) is 11.0. The molecule has 0 bridgehead atoms. The molecule has 25 heavy (non-hydrogen) atoms. The molecular formula is C23H33NO. The highest BCUT2D eigenvalue weighted by atomic mass is 16.5. The molecule has 0 amide bonds. The first-order valence-corrected chi connectivity index (χ1v) is 9.47. The van der Waals surface area contributed by atoms with Crippen LogP contribution in [0.1, 0.15) is 67.3 Å². The molecule has 1 N–H and O–H groups in total. The van der Waals surface area contributed by atoms with Crippen molar-refractivity contribution in [1.82, 2.24) is 0 Å². The Kier molecular flexibility index (Phi) is 6.92. The molecule has 0 fully saturated rings. The van der Waals surface area contributed by atoms with E-state index in [4.69, 9.17) is 4.74 Å². The van der Waals surface area contributed by atoms with E-state index in [1.165, 1.54) is 46.3 Å². The van der Waals surface area contributed by atoms with Crippen LogP contribution < -0.4 is 10.1 Å². The van der Waals surface area contributed by atoms with Crippen molar-refractivity contribution in [2.75, 3.05) is 19.0 Å². The van der Waals surface area contributed by atoms with Crippen LogP contribution in [0.3, 0.4) is 0 Å². The largest absolute Gasteiger partial charge is 0.496 e. The Morgan fingerprint density at radius 3 is 2.28 bits per heavy atom. The van der Waals surface area contributed by atoms with Crippen LogP contribution in [0.2, 0.25) is 0 Å². The molecule has 0 aliphatic heterocycles. The molecule has 0 saturated carbocycles. The fraction of sp³-hybridized carbons (Fsp3) is 0.478. The number of hydrogen-bond donors (Lipinski definition) is 1. The molecule has 0 unspecified atom stereocenters. The lowest BCUT2D eigenvalue weighted by molar-refractivity contribution is 0.407. The molecule has 0 spiro atoms. The molecule has 0 atom stereocenters. The van der Waals surface area contributed by atoms with Crippen LogP contribution in [0.5, 0.6) is 5.75 Å². The van der Waals surface area contributed by atoms with Crippen LogP contribution in [-0.2, 0) is 6.42 Å². The summed E-state index contributed by atoms with van der Waals surface area (Å²) in [4.78, 5) is 0.